The van der Waals surface area contributed by atoms with Crippen LogP contribution < -0.4 is 5.32 Å². The predicted octanol–water partition coefficient (Wildman–Crippen LogP) is 5.43. The van der Waals surface area contributed by atoms with Crippen LogP contribution >= 0.6 is 23.5 Å². The van der Waals surface area contributed by atoms with Crippen molar-refractivity contribution in [3.8, 4) is 0 Å². The molecule has 25 heavy (non-hydrogen) atoms. The Balaban J connectivity index is 1.69. The molecule has 2 aromatic rings. The Morgan fingerprint density at radius 3 is 2.68 bits per heavy atom. The number of hydrogen-bond donors (Lipinski definition) is 1. The summed E-state index contributed by atoms with van der Waals surface area (Å²) in [5, 5.41) is 3.05. The predicted molar refractivity (Wildman–Crippen MR) is 107 cm³/mol. The summed E-state index contributed by atoms with van der Waals surface area (Å²) in [7, 11) is 0. The van der Waals surface area contributed by atoms with Crippen molar-refractivity contribution < 1.29 is 9.21 Å². The molecule has 1 N–H and O–H groups in total. The molecule has 3 nitrogen and oxygen atoms in total. The summed E-state index contributed by atoms with van der Waals surface area (Å²) in [4.78, 5) is 12.9. The monoisotopic (exact) mass is 373 g/mol. The fourth-order valence-corrected chi connectivity index (χ4v) is 7.44. The molecular formula is C20H23NO2S2. The molecule has 1 spiro atoms. The zero-order valence-corrected chi connectivity index (χ0v) is 16.5. The van der Waals surface area contributed by atoms with Gasteiger partial charge < -0.3 is 9.73 Å². The fourth-order valence-electron chi connectivity index (χ4n) is 3.88. The Morgan fingerprint density at radius 1 is 1.16 bits per heavy atom. The van der Waals surface area contributed by atoms with Gasteiger partial charge in [-0.25, -0.2) is 0 Å². The minimum atomic E-state index is -0.135. The van der Waals surface area contributed by atoms with Gasteiger partial charge in [-0.1, -0.05) is 12.1 Å². The van der Waals surface area contributed by atoms with E-state index in [2.05, 4.69) is 18.3 Å². The SMILES string of the molecule is Cc1cccc(NC(=O)c2oc3c(c2C)C2(CCC3)SCCS2)c1C. The maximum Gasteiger partial charge on any atom is 0.291 e. The zero-order valence-electron chi connectivity index (χ0n) is 14.9. The van der Waals surface area contributed by atoms with E-state index < -0.39 is 0 Å². The minimum absolute atomic E-state index is 0.110. The van der Waals surface area contributed by atoms with Gasteiger partial charge in [0.25, 0.3) is 5.91 Å². The highest BCUT2D eigenvalue weighted by Crippen LogP contribution is 2.59. The molecule has 0 bridgehead atoms. The van der Waals surface area contributed by atoms with Gasteiger partial charge in [0, 0.05) is 34.7 Å². The van der Waals surface area contributed by atoms with Crippen LogP contribution in [0.4, 0.5) is 5.69 Å². The van der Waals surface area contributed by atoms with Gasteiger partial charge in [0.1, 0.15) is 5.76 Å². The third-order valence-corrected chi connectivity index (χ3v) is 8.85. The van der Waals surface area contributed by atoms with Gasteiger partial charge in [0.15, 0.2) is 5.76 Å². The fraction of sp³-hybridized carbons (Fsp3) is 0.450. The smallest absolute Gasteiger partial charge is 0.291 e. The first-order valence-electron chi connectivity index (χ1n) is 8.80. The highest BCUT2D eigenvalue weighted by molar-refractivity contribution is 8.20. The standard InChI is InChI=1S/C20H23NO2S2/c1-12-6-4-7-15(13(12)2)21-19(22)18-14(3)17-16(23-18)8-5-9-20(17)24-10-11-25-20/h4,6-7H,5,8-11H2,1-3H3,(H,21,22). The molecule has 1 amide bonds. The molecule has 1 fully saturated rings. The van der Waals surface area contributed by atoms with E-state index in [1.807, 2.05) is 49.5 Å². The van der Waals surface area contributed by atoms with Gasteiger partial charge in [0.05, 0.1) is 4.08 Å². The summed E-state index contributed by atoms with van der Waals surface area (Å²) in [6.07, 6.45) is 3.25. The third-order valence-electron chi connectivity index (χ3n) is 5.32. The van der Waals surface area contributed by atoms with E-state index in [1.54, 1.807) is 0 Å². The first-order chi connectivity index (χ1) is 12.0. The van der Waals surface area contributed by atoms with Crippen LogP contribution in [0.1, 0.15) is 51.4 Å². The van der Waals surface area contributed by atoms with Crippen LogP contribution in [-0.4, -0.2) is 17.4 Å². The number of anilines is 1. The van der Waals surface area contributed by atoms with E-state index in [9.17, 15) is 4.79 Å². The molecule has 0 saturated carbocycles. The maximum absolute atomic E-state index is 12.9. The molecule has 0 atom stereocenters. The number of fused-ring (bicyclic) bond motifs is 2. The number of nitrogens with one attached hydrogen (secondary N) is 1. The van der Waals surface area contributed by atoms with Crippen molar-refractivity contribution >= 4 is 35.1 Å². The van der Waals surface area contributed by atoms with Gasteiger partial charge in [0.2, 0.25) is 0 Å². The summed E-state index contributed by atoms with van der Waals surface area (Å²) in [5.41, 5.74) is 5.45. The molecule has 0 unspecified atom stereocenters. The number of thioether (sulfide) groups is 2. The van der Waals surface area contributed by atoms with Crippen molar-refractivity contribution in [3.63, 3.8) is 0 Å². The summed E-state index contributed by atoms with van der Waals surface area (Å²) >= 11 is 4.05. The average Bonchev–Trinajstić information content (AvgIpc) is 3.18. The molecule has 1 aliphatic heterocycles. The van der Waals surface area contributed by atoms with Gasteiger partial charge in [-0.3, -0.25) is 4.79 Å². The molecule has 2 heterocycles. The minimum Gasteiger partial charge on any atom is -0.455 e. The second kappa shape index (κ2) is 6.44. The van der Waals surface area contributed by atoms with E-state index in [-0.39, 0.29) is 9.99 Å². The Kier molecular flexibility index (Phi) is 4.40. The number of carbonyl (C=O) groups excluding carboxylic acids is 1. The van der Waals surface area contributed by atoms with E-state index in [0.717, 1.165) is 35.4 Å². The molecule has 1 aliphatic carbocycles. The van der Waals surface area contributed by atoms with Crippen LogP contribution in [0.15, 0.2) is 22.6 Å². The number of rotatable bonds is 2. The van der Waals surface area contributed by atoms with Crippen LogP contribution in [0.3, 0.4) is 0 Å². The average molecular weight is 374 g/mol. The van der Waals surface area contributed by atoms with Gasteiger partial charge in [-0.2, -0.15) is 0 Å². The summed E-state index contributed by atoms with van der Waals surface area (Å²) in [6, 6.07) is 5.97. The highest BCUT2D eigenvalue weighted by atomic mass is 32.2. The van der Waals surface area contributed by atoms with Crippen LogP contribution in [-0.2, 0) is 10.5 Å². The molecule has 1 saturated heterocycles. The number of benzene rings is 1. The Hall–Kier alpha value is -1.33. The molecule has 1 aromatic heterocycles. The lowest BCUT2D eigenvalue weighted by molar-refractivity contribution is 0.0994. The Bertz CT molecular complexity index is 834. The molecule has 4 rings (SSSR count). The number of furan rings is 1. The number of hydrogen-bond acceptors (Lipinski definition) is 4. The van der Waals surface area contributed by atoms with Crippen LogP contribution in [0.2, 0.25) is 0 Å². The zero-order chi connectivity index (χ0) is 17.6. The third kappa shape index (κ3) is 2.81. The van der Waals surface area contributed by atoms with Gasteiger partial charge in [-0.15, -0.1) is 23.5 Å². The second-order valence-electron chi connectivity index (χ2n) is 6.86. The number of aryl methyl sites for hydroxylation is 2. The number of carbonyl (C=O) groups is 1. The summed E-state index contributed by atoms with van der Waals surface area (Å²) < 4.78 is 6.20. The first-order valence-corrected chi connectivity index (χ1v) is 10.8. The Labute approximate surface area is 157 Å². The lowest BCUT2D eigenvalue weighted by Gasteiger charge is -2.31. The van der Waals surface area contributed by atoms with E-state index in [1.165, 1.54) is 29.1 Å². The van der Waals surface area contributed by atoms with Crippen molar-refractivity contribution in [1.82, 2.24) is 0 Å². The molecule has 132 valence electrons. The lowest BCUT2D eigenvalue weighted by atomic mass is 9.94. The van der Waals surface area contributed by atoms with Crippen LogP contribution in [0.25, 0.3) is 0 Å². The van der Waals surface area contributed by atoms with Crippen LogP contribution in [0.5, 0.6) is 0 Å². The Morgan fingerprint density at radius 2 is 1.92 bits per heavy atom. The molecular weight excluding hydrogens is 350 g/mol. The maximum atomic E-state index is 12.9. The molecule has 5 heteroatoms. The van der Waals surface area contributed by atoms with Crippen molar-refractivity contribution in [2.24, 2.45) is 0 Å². The highest BCUT2D eigenvalue weighted by Gasteiger charge is 2.45. The number of amides is 1. The van der Waals surface area contributed by atoms with Gasteiger partial charge in [-0.05, 0) is 50.8 Å². The summed E-state index contributed by atoms with van der Waals surface area (Å²) in [5.74, 6) is 3.73. The first kappa shape index (κ1) is 17.1. The normalized spacial score (nSPS) is 18.4. The van der Waals surface area contributed by atoms with Crippen molar-refractivity contribution in [2.75, 3.05) is 16.8 Å². The van der Waals surface area contributed by atoms with E-state index >= 15 is 0 Å². The van der Waals surface area contributed by atoms with Crippen molar-refractivity contribution in [3.05, 3.63) is 52.0 Å². The molecule has 0 radical (unpaired) electrons. The van der Waals surface area contributed by atoms with E-state index in [0.29, 0.717) is 5.76 Å². The lowest BCUT2D eigenvalue weighted by Crippen LogP contribution is -2.21. The van der Waals surface area contributed by atoms with Gasteiger partial charge >= 0.3 is 0 Å². The topological polar surface area (TPSA) is 42.2 Å². The van der Waals surface area contributed by atoms with Crippen molar-refractivity contribution in [2.45, 2.75) is 44.1 Å². The quantitative estimate of drug-likeness (QED) is 0.762. The summed E-state index contributed by atoms with van der Waals surface area (Å²) in [6.45, 7) is 6.14. The van der Waals surface area contributed by atoms with E-state index in [4.69, 9.17) is 4.42 Å². The second-order valence-corrected chi connectivity index (χ2v) is 9.91. The molecule has 1 aromatic carbocycles. The van der Waals surface area contributed by atoms with Crippen molar-refractivity contribution in [1.29, 1.82) is 0 Å². The van der Waals surface area contributed by atoms with Crippen LogP contribution in [0, 0.1) is 20.8 Å². The molecule has 2 aliphatic rings. The largest absolute Gasteiger partial charge is 0.455 e.